The number of aromatic amines is 1. The topological polar surface area (TPSA) is 122 Å². The molecule has 0 spiro atoms. The summed E-state index contributed by atoms with van der Waals surface area (Å²) in [4.78, 5) is 38.8. The molecule has 2 rings (SSSR count). The molecule has 26 heavy (non-hydrogen) atoms. The van der Waals surface area contributed by atoms with E-state index in [0.29, 0.717) is 11.3 Å². The molecule has 2 aromatic heterocycles. The zero-order chi connectivity index (χ0) is 19.5. The molecule has 3 N–H and O–H groups in total. The van der Waals surface area contributed by atoms with Crippen LogP contribution in [0.25, 0.3) is 0 Å². The molecule has 0 radical (unpaired) electrons. The highest BCUT2D eigenvalue weighted by molar-refractivity contribution is 6.01. The van der Waals surface area contributed by atoms with E-state index < -0.39 is 17.5 Å². The molecule has 0 aliphatic carbocycles. The van der Waals surface area contributed by atoms with E-state index in [1.54, 1.807) is 19.1 Å². The average Bonchev–Trinajstić information content (AvgIpc) is 3.21. The van der Waals surface area contributed by atoms with Crippen molar-refractivity contribution in [3.05, 3.63) is 46.7 Å². The van der Waals surface area contributed by atoms with Gasteiger partial charge in [-0.3, -0.25) is 9.59 Å². The number of aliphatic hydroxyl groups is 1. The first-order valence-electron chi connectivity index (χ1n) is 8.01. The predicted octanol–water partition coefficient (Wildman–Crippen LogP) is 1.47. The van der Waals surface area contributed by atoms with Crippen LogP contribution in [0, 0.1) is 6.92 Å². The van der Waals surface area contributed by atoms with Crippen LogP contribution in [0.5, 0.6) is 0 Å². The highest BCUT2D eigenvalue weighted by Gasteiger charge is 2.28. The Bertz CT molecular complexity index is 817. The maximum atomic E-state index is 12.3. The van der Waals surface area contributed by atoms with Crippen molar-refractivity contribution in [1.82, 2.24) is 10.3 Å². The normalized spacial score (nSPS) is 13.1. The zero-order valence-corrected chi connectivity index (χ0v) is 15.1. The van der Waals surface area contributed by atoms with Crippen LogP contribution in [0.2, 0.25) is 0 Å². The third-order valence-corrected chi connectivity index (χ3v) is 4.09. The molecule has 0 saturated heterocycles. The van der Waals surface area contributed by atoms with Gasteiger partial charge in [0.05, 0.1) is 37.6 Å². The summed E-state index contributed by atoms with van der Waals surface area (Å²) in [5.74, 6) is -0.988. The minimum atomic E-state index is -1.37. The van der Waals surface area contributed by atoms with Crippen molar-refractivity contribution in [3.8, 4) is 0 Å². The fourth-order valence-corrected chi connectivity index (χ4v) is 2.69. The van der Waals surface area contributed by atoms with Gasteiger partial charge in [-0.1, -0.05) is 0 Å². The highest BCUT2D eigenvalue weighted by Crippen LogP contribution is 2.22. The Morgan fingerprint density at radius 2 is 2.08 bits per heavy atom. The van der Waals surface area contributed by atoms with Gasteiger partial charge < -0.3 is 24.6 Å². The van der Waals surface area contributed by atoms with E-state index in [0.717, 1.165) is 0 Å². The Hall–Kier alpha value is -2.87. The molecular formula is C18H22N2O6. The predicted molar refractivity (Wildman–Crippen MR) is 91.9 cm³/mol. The van der Waals surface area contributed by atoms with Crippen molar-refractivity contribution in [2.75, 3.05) is 13.7 Å². The zero-order valence-electron chi connectivity index (χ0n) is 15.1. The largest absolute Gasteiger partial charge is 0.466 e. The summed E-state index contributed by atoms with van der Waals surface area (Å²) < 4.78 is 9.89. The molecule has 8 nitrogen and oxygen atoms in total. The Morgan fingerprint density at radius 3 is 2.62 bits per heavy atom. The molecule has 2 heterocycles. The first-order chi connectivity index (χ1) is 12.2. The van der Waals surface area contributed by atoms with Crippen molar-refractivity contribution < 1.29 is 28.6 Å². The molecule has 0 aromatic carbocycles. The minimum Gasteiger partial charge on any atom is -0.466 e. The fourth-order valence-electron chi connectivity index (χ4n) is 2.69. The van der Waals surface area contributed by atoms with E-state index in [4.69, 9.17) is 9.15 Å². The number of H-pyrrole nitrogens is 1. The standard InChI is InChI=1S/C18H22N2O6/c1-10-15(17(23)25-4)12(20-16(10)11(2)21)8-14(22)19-9-18(3,24)13-6-5-7-26-13/h5-7,20,24H,8-9H2,1-4H3,(H,19,22)/t18-/m1/s1. The molecule has 140 valence electrons. The van der Waals surface area contributed by atoms with Crippen molar-refractivity contribution >= 4 is 17.7 Å². The SMILES string of the molecule is COC(=O)c1c(CC(=O)NC[C@@](C)(O)c2ccco2)[nH]c(C(C)=O)c1C. The second-order valence-corrected chi connectivity index (χ2v) is 6.23. The van der Waals surface area contributed by atoms with Crippen molar-refractivity contribution in [1.29, 1.82) is 0 Å². The van der Waals surface area contributed by atoms with Gasteiger partial charge in [-0.15, -0.1) is 0 Å². The molecule has 0 fully saturated rings. The summed E-state index contributed by atoms with van der Waals surface area (Å²) in [5, 5.41) is 13.0. The van der Waals surface area contributed by atoms with Crippen molar-refractivity contribution in [2.45, 2.75) is 32.8 Å². The summed E-state index contributed by atoms with van der Waals surface area (Å²) in [6, 6.07) is 3.24. The minimum absolute atomic E-state index is 0.0772. The lowest BCUT2D eigenvalue weighted by atomic mass is 10.0. The van der Waals surface area contributed by atoms with Gasteiger partial charge in [-0.05, 0) is 31.5 Å². The van der Waals surface area contributed by atoms with E-state index in [9.17, 15) is 19.5 Å². The van der Waals surface area contributed by atoms with Gasteiger partial charge >= 0.3 is 5.97 Å². The van der Waals surface area contributed by atoms with Gasteiger partial charge in [-0.25, -0.2) is 4.79 Å². The molecule has 0 aliphatic heterocycles. The number of carbonyl (C=O) groups excluding carboxylic acids is 3. The van der Waals surface area contributed by atoms with Gasteiger partial charge in [0, 0.05) is 12.6 Å². The van der Waals surface area contributed by atoms with Crippen LogP contribution in [0.4, 0.5) is 0 Å². The number of ketones is 1. The molecule has 0 bridgehead atoms. The van der Waals surface area contributed by atoms with Gasteiger partial charge in [-0.2, -0.15) is 0 Å². The molecule has 0 aliphatic rings. The Balaban J connectivity index is 2.15. The second-order valence-electron chi connectivity index (χ2n) is 6.23. The first-order valence-corrected chi connectivity index (χ1v) is 8.01. The number of ether oxygens (including phenoxy) is 1. The molecule has 2 aromatic rings. The lowest BCUT2D eigenvalue weighted by Gasteiger charge is -2.21. The van der Waals surface area contributed by atoms with Crippen LogP contribution in [0.1, 0.15) is 51.7 Å². The molecule has 1 atom stereocenters. The quantitative estimate of drug-likeness (QED) is 0.506. The van der Waals surface area contributed by atoms with Crippen LogP contribution >= 0.6 is 0 Å². The number of methoxy groups -OCH3 is 1. The fraction of sp³-hybridized carbons (Fsp3) is 0.389. The van der Waals surface area contributed by atoms with E-state index in [2.05, 4.69) is 10.3 Å². The van der Waals surface area contributed by atoms with Gasteiger partial charge in [0.2, 0.25) is 5.91 Å². The van der Waals surface area contributed by atoms with E-state index in [1.807, 2.05) is 0 Å². The number of amides is 1. The average molecular weight is 362 g/mol. The number of furan rings is 1. The van der Waals surface area contributed by atoms with Crippen molar-refractivity contribution in [3.63, 3.8) is 0 Å². The Kier molecular flexibility index (Phi) is 5.66. The summed E-state index contributed by atoms with van der Waals surface area (Å²) >= 11 is 0. The smallest absolute Gasteiger partial charge is 0.339 e. The van der Waals surface area contributed by atoms with E-state index >= 15 is 0 Å². The van der Waals surface area contributed by atoms with Crippen LogP contribution < -0.4 is 5.32 Å². The van der Waals surface area contributed by atoms with Crippen molar-refractivity contribution in [2.24, 2.45) is 0 Å². The van der Waals surface area contributed by atoms with E-state index in [1.165, 1.54) is 27.2 Å². The second kappa shape index (κ2) is 7.57. The van der Waals surface area contributed by atoms with Crippen LogP contribution in [0.15, 0.2) is 22.8 Å². The maximum absolute atomic E-state index is 12.3. The third kappa shape index (κ3) is 4.02. The molecule has 0 saturated carbocycles. The monoisotopic (exact) mass is 362 g/mol. The molecule has 8 heteroatoms. The molecular weight excluding hydrogens is 340 g/mol. The molecule has 0 unspecified atom stereocenters. The van der Waals surface area contributed by atoms with Gasteiger partial charge in [0.25, 0.3) is 0 Å². The van der Waals surface area contributed by atoms with E-state index in [-0.39, 0.29) is 35.7 Å². The van der Waals surface area contributed by atoms with Crippen LogP contribution in [-0.4, -0.2) is 41.4 Å². The van der Waals surface area contributed by atoms with Gasteiger partial charge in [0.15, 0.2) is 5.78 Å². The number of esters is 1. The Morgan fingerprint density at radius 1 is 1.38 bits per heavy atom. The summed E-state index contributed by atoms with van der Waals surface area (Å²) in [5.41, 5.74) is -0.216. The lowest BCUT2D eigenvalue weighted by Crippen LogP contribution is -2.39. The number of hydrogen-bond acceptors (Lipinski definition) is 6. The van der Waals surface area contributed by atoms with Crippen LogP contribution in [-0.2, 0) is 21.6 Å². The number of rotatable bonds is 7. The number of carbonyl (C=O) groups is 3. The van der Waals surface area contributed by atoms with Gasteiger partial charge in [0.1, 0.15) is 11.4 Å². The number of Topliss-reactive ketones (excluding diaryl/α,β-unsaturated/α-hetero) is 1. The highest BCUT2D eigenvalue weighted by atomic mass is 16.5. The summed E-state index contributed by atoms with van der Waals surface area (Å²) in [7, 11) is 1.23. The first kappa shape index (κ1) is 19.5. The lowest BCUT2D eigenvalue weighted by molar-refractivity contribution is -0.121. The third-order valence-electron chi connectivity index (χ3n) is 4.09. The maximum Gasteiger partial charge on any atom is 0.339 e. The number of aromatic nitrogens is 1. The summed E-state index contributed by atoms with van der Waals surface area (Å²) in [6.45, 7) is 4.41. The Labute approximate surface area is 150 Å². The number of nitrogens with one attached hydrogen (secondary N) is 2. The van der Waals surface area contributed by atoms with Crippen LogP contribution in [0.3, 0.4) is 0 Å². The molecule has 1 amide bonds. The summed E-state index contributed by atoms with van der Waals surface area (Å²) in [6.07, 6.45) is 1.26. The number of hydrogen-bond donors (Lipinski definition) is 3.